The zero-order chi connectivity index (χ0) is 13.9. The normalized spacial score (nSPS) is 30.9. The molecule has 0 unspecified atom stereocenters. The first-order chi connectivity index (χ1) is 9.79. The summed E-state index contributed by atoms with van der Waals surface area (Å²) in [6, 6.07) is 0.158. The van der Waals surface area contributed by atoms with E-state index < -0.39 is 0 Å². The Labute approximate surface area is 119 Å². The van der Waals surface area contributed by atoms with Crippen molar-refractivity contribution in [3.8, 4) is 0 Å². The van der Waals surface area contributed by atoms with Crippen LogP contribution < -0.4 is 0 Å². The molecule has 112 valence electrons. The Morgan fingerprint density at radius 1 is 1.35 bits per heavy atom. The van der Waals surface area contributed by atoms with Crippen molar-refractivity contribution in [1.29, 1.82) is 0 Å². The number of carbonyl (C=O) groups is 1. The SMILES string of the molecule is CCN1CC[C@H]2[C@@H](C1)OCCN2C(=O)C1=COCCO1. The summed E-state index contributed by atoms with van der Waals surface area (Å²) in [4.78, 5) is 16.8. The number of ether oxygens (including phenoxy) is 3. The number of carbonyl (C=O) groups excluding carboxylic acids is 1. The topological polar surface area (TPSA) is 51.2 Å². The van der Waals surface area contributed by atoms with E-state index in [0.29, 0.717) is 32.1 Å². The Bertz CT molecular complexity index is 399. The first-order valence-corrected chi connectivity index (χ1v) is 7.39. The van der Waals surface area contributed by atoms with Crippen molar-refractivity contribution in [3.05, 3.63) is 12.0 Å². The Hall–Kier alpha value is -1.27. The first kappa shape index (κ1) is 13.7. The van der Waals surface area contributed by atoms with Crippen LogP contribution >= 0.6 is 0 Å². The van der Waals surface area contributed by atoms with Gasteiger partial charge >= 0.3 is 0 Å². The van der Waals surface area contributed by atoms with E-state index in [1.165, 1.54) is 6.26 Å². The van der Waals surface area contributed by atoms with Gasteiger partial charge in [-0.15, -0.1) is 0 Å². The lowest BCUT2D eigenvalue weighted by atomic mass is 9.98. The predicted molar refractivity (Wildman–Crippen MR) is 72.0 cm³/mol. The van der Waals surface area contributed by atoms with Crippen molar-refractivity contribution < 1.29 is 19.0 Å². The van der Waals surface area contributed by atoms with Crippen LogP contribution in [0.3, 0.4) is 0 Å². The van der Waals surface area contributed by atoms with Crippen LogP contribution in [-0.4, -0.2) is 73.9 Å². The molecule has 0 aromatic heterocycles. The number of nitrogens with zero attached hydrogens (tertiary/aromatic N) is 2. The molecular formula is C14H22N2O4. The fourth-order valence-corrected chi connectivity index (χ4v) is 3.12. The van der Waals surface area contributed by atoms with Gasteiger partial charge in [-0.25, -0.2) is 0 Å². The molecule has 20 heavy (non-hydrogen) atoms. The van der Waals surface area contributed by atoms with E-state index >= 15 is 0 Å². The molecule has 0 aliphatic carbocycles. The number of fused-ring (bicyclic) bond motifs is 1. The smallest absolute Gasteiger partial charge is 0.292 e. The van der Waals surface area contributed by atoms with Gasteiger partial charge in [-0.1, -0.05) is 6.92 Å². The third-order valence-corrected chi connectivity index (χ3v) is 4.24. The Morgan fingerprint density at radius 2 is 2.25 bits per heavy atom. The molecule has 6 heteroatoms. The highest BCUT2D eigenvalue weighted by atomic mass is 16.6. The Kier molecular flexibility index (Phi) is 4.12. The molecule has 0 N–H and O–H groups in total. The number of likely N-dealkylation sites (tertiary alicyclic amines) is 1. The average molecular weight is 282 g/mol. The minimum atomic E-state index is -0.0621. The lowest BCUT2D eigenvalue weighted by molar-refractivity contribution is -0.153. The summed E-state index contributed by atoms with van der Waals surface area (Å²) in [6.07, 6.45) is 2.52. The molecule has 3 heterocycles. The van der Waals surface area contributed by atoms with Gasteiger partial charge in [-0.3, -0.25) is 4.79 Å². The van der Waals surface area contributed by atoms with Crippen LogP contribution in [0.25, 0.3) is 0 Å². The number of amides is 1. The molecule has 0 saturated carbocycles. The maximum atomic E-state index is 12.5. The molecule has 1 amide bonds. The molecule has 3 aliphatic rings. The monoisotopic (exact) mass is 282 g/mol. The van der Waals surface area contributed by atoms with Crippen LogP contribution in [0.15, 0.2) is 12.0 Å². The van der Waals surface area contributed by atoms with Crippen molar-refractivity contribution in [2.45, 2.75) is 25.5 Å². The number of piperidine rings is 1. The fraction of sp³-hybridized carbons (Fsp3) is 0.786. The van der Waals surface area contributed by atoms with Crippen molar-refractivity contribution in [2.24, 2.45) is 0 Å². The zero-order valence-corrected chi connectivity index (χ0v) is 11.9. The fourth-order valence-electron chi connectivity index (χ4n) is 3.12. The molecule has 3 rings (SSSR count). The van der Waals surface area contributed by atoms with Gasteiger partial charge in [0.1, 0.15) is 19.5 Å². The maximum absolute atomic E-state index is 12.5. The van der Waals surface area contributed by atoms with Gasteiger partial charge in [-0.2, -0.15) is 0 Å². The van der Waals surface area contributed by atoms with E-state index in [9.17, 15) is 4.79 Å². The second kappa shape index (κ2) is 6.01. The summed E-state index contributed by atoms with van der Waals surface area (Å²) >= 11 is 0. The van der Waals surface area contributed by atoms with Crippen LogP contribution in [0.1, 0.15) is 13.3 Å². The van der Waals surface area contributed by atoms with Crippen molar-refractivity contribution in [1.82, 2.24) is 9.80 Å². The van der Waals surface area contributed by atoms with Gasteiger partial charge in [0.2, 0.25) is 5.76 Å². The Morgan fingerprint density at radius 3 is 3.00 bits per heavy atom. The van der Waals surface area contributed by atoms with Gasteiger partial charge in [0.15, 0.2) is 0 Å². The minimum Gasteiger partial charge on any atom is -0.494 e. The molecule has 2 saturated heterocycles. The van der Waals surface area contributed by atoms with Crippen LogP contribution in [0, 0.1) is 0 Å². The van der Waals surface area contributed by atoms with Crippen LogP contribution in [0.4, 0.5) is 0 Å². The summed E-state index contributed by atoms with van der Waals surface area (Å²) in [5.41, 5.74) is 0. The third kappa shape index (κ3) is 2.62. The average Bonchev–Trinajstić information content (AvgIpc) is 2.54. The van der Waals surface area contributed by atoms with Gasteiger partial charge in [-0.05, 0) is 13.0 Å². The standard InChI is InChI=1S/C14H22N2O4/c1-2-15-4-3-11-12(9-15)19-6-5-16(11)14(17)13-10-18-7-8-20-13/h10-12H,2-9H2,1H3/t11-,12+/m0/s1. The summed E-state index contributed by atoms with van der Waals surface area (Å²) in [6.45, 7) is 7.29. The second-order valence-corrected chi connectivity index (χ2v) is 5.36. The van der Waals surface area contributed by atoms with Crippen molar-refractivity contribution in [3.63, 3.8) is 0 Å². The molecule has 0 aromatic carbocycles. The van der Waals surface area contributed by atoms with Crippen molar-refractivity contribution in [2.75, 3.05) is 46.0 Å². The van der Waals surface area contributed by atoms with E-state index in [1.54, 1.807) is 0 Å². The van der Waals surface area contributed by atoms with E-state index in [2.05, 4.69) is 11.8 Å². The van der Waals surface area contributed by atoms with E-state index in [1.807, 2.05) is 4.90 Å². The molecule has 3 aliphatic heterocycles. The number of hydrogen-bond acceptors (Lipinski definition) is 5. The quantitative estimate of drug-likeness (QED) is 0.724. The van der Waals surface area contributed by atoms with E-state index in [-0.39, 0.29) is 18.1 Å². The lowest BCUT2D eigenvalue weighted by Gasteiger charge is -2.46. The summed E-state index contributed by atoms with van der Waals surface area (Å²) in [7, 11) is 0. The van der Waals surface area contributed by atoms with Crippen LogP contribution in [0.2, 0.25) is 0 Å². The molecule has 6 nitrogen and oxygen atoms in total. The molecule has 2 atom stereocenters. The zero-order valence-electron chi connectivity index (χ0n) is 11.9. The number of likely N-dealkylation sites (N-methyl/N-ethyl adjacent to an activating group) is 1. The maximum Gasteiger partial charge on any atom is 0.292 e. The van der Waals surface area contributed by atoms with Gasteiger partial charge < -0.3 is 24.0 Å². The van der Waals surface area contributed by atoms with E-state index in [0.717, 1.165) is 26.1 Å². The van der Waals surface area contributed by atoms with Crippen LogP contribution in [0.5, 0.6) is 0 Å². The third-order valence-electron chi connectivity index (χ3n) is 4.24. The summed E-state index contributed by atoms with van der Waals surface area (Å²) in [5, 5.41) is 0. The number of hydrogen-bond donors (Lipinski definition) is 0. The predicted octanol–water partition coefficient (Wildman–Crippen LogP) is 0.196. The number of morpholine rings is 1. The molecule has 0 bridgehead atoms. The molecule has 0 aromatic rings. The summed E-state index contributed by atoms with van der Waals surface area (Å²) in [5.74, 6) is 0.266. The van der Waals surface area contributed by atoms with Crippen molar-refractivity contribution >= 4 is 5.91 Å². The largest absolute Gasteiger partial charge is 0.494 e. The first-order valence-electron chi connectivity index (χ1n) is 7.39. The highest BCUT2D eigenvalue weighted by molar-refractivity contribution is 5.91. The van der Waals surface area contributed by atoms with Gasteiger partial charge in [0.05, 0.1) is 18.8 Å². The highest BCUT2D eigenvalue weighted by Crippen LogP contribution is 2.25. The molecule has 0 radical (unpaired) electrons. The minimum absolute atomic E-state index is 0.0621. The summed E-state index contributed by atoms with van der Waals surface area (Å²) < 4.78 is 16.5. The number of rotatable bonds is 2. The van der Waals surface area contributed by atoms with Gasteiger partial charge in [0, 0.05) is 19.6 Å². The molecule has 2 fully saturated rings. The van der Waals surface area contributed by atoms with Gasteiger partial charge in [0.25, 0.3) is 5.91 Å². The lowest BCUT2D eigenvalue weighted by Crippen LogP contribution is -2.61. The van der Waals surface area contributed by atoms with E-state index in [4.69, 9.17) is 14.2 Å². The Balaban J connectivity index is 1.70. The van der Waals surface area contributed by atoms with Crippen LogP contribution in [-0.2, 0) is 19.0 Å². The highest BCUT2D eigenvalue weighted by Gasteiger charge is 2.40. The second-order valence-electron chi connectivity index (χ2n) is 5.36. The molecule has 0 spiro atoms. The molecular weight excluding hydrogens is 260 g/mol.